The highest BCUT2D eigenvalue weighted by Gasteiger charge is 2.21. The van der Waals surface area contributed by atoms with Crippen molar-refractivity contribution in [2.45, 2.75) is 32.4 Å². The molecule has 1 N–H and O–H groups in total. The van der Waals surface area contributed by atoms with Crippen LogP contribution in [-0.2, 0) is 11.3 Å². The summed E-state index contributed by atoms with van der Waals surface area (Å²) in [6, 6.07) is 10.7. The normalized spacial score (nSPS) is 21.9. The number of ether oxygens (including phenoxy) is 1. The third kappa shape index (κ3) is 6.42. The average molecular weight is 458 g/mol. The van der Waals surface area contributed by atoms with Crippen LogP contribution < -0.4 is 5.32 Å². The van der Waals surface area contributed by atoms with Gasteiger partial charge in [0.2, 0.25) is 0 Å². The van der Waals surface area contributed by atoms with Crippen LogP contribution in [0.15, 0.2) is 35.3 Å². The van der Waals surface area contributed by atoms with Gasteiger partial charge >= 0.3 is 0 Å². The number of halogens is 1. The molecule has 0 saturated carbocycles. The van der Waals surface area contributed by atoms with Gasteiger partial charge in [-0.1, -0.05) is 30.3 Å². The quantitative estimate of drug-likeness (QED) is 0.419. The molecule has 0 aromatic heterocycles. The minimum absolute atomic E-state index is 0. The maximum Gasteiger partial charge on any atom is 0.194 e. The Labute approximate surface area is 168 Å². The maximum absolute atomic E-state index is 5.69. The molecule has 0 amide bonds. The van der Waals surface area contributed by atoms with E-state index < -0.39 is 0 Å². The largest absolute Gasteiger partial charge is 0.376 e. The highest BCUT2D eigenvalue weighted by Crippen LogP contribution is 2.13. The van der Waals surface area contributed by atoms with E-state index in [9.17, 15) is 0 Å². The van der Waals surface area contributed by atoms with Gasteiger partial charge in [0.15, 0.2) is 5.96 Å². The second-order valence-electron chi connectivity index (χ2n) is 6.58. The molecule has 2 aliphatic rings. The Balaban J connectivity index is 0.00000225. The monoisotopic (exact) mass is 458 g/mol. The maximum atomic E-state index is 5.69. The Hall–Kier alpha value is -0.860. The van der Waals surface area contributed by atoms with Gasteiger partial charge < -0.3 is 15.0 Å². The first-order valence-electron chi connectivity index (χ1n) is 9.26. The van der Waals surface area contributed by atoms with Gasteiger partial charge in [0.1, 0.15) is 0 Å². The molecule has 0 radical (unpaired) electrons. The lowest BCUT2D eigenvalue weighted by Gasteiger charge is -2.36. The molecule has 2 heterocycles. The summed E-state index contributed by atoms with van der Waals surface area (Å²) in [4.78, 5) is 9.73. The fourth-order valence-electron chi connectivity index (χ4n) is 3.36. The summed E-state index contributed by atoms with van der Waals surface area (Å²) in [5, 5.41) is 3.44. The summed E-state index contributed by atoms with van der Waals surface area (Å²) >= 11 is 0. The van der Waals surface area contributed by atoms with Crippen molar-refractivity contribution in [2.24, 2.45) is 4.99 Å². The van der Waals surface area contributed by atoms with Crippen LogP contribution in [0, 0.1) is 0 Å². The minimum Gasteiger partial charge on any atom is -0.376 e. The van der Waals surface area contributed by atoms with E-state index >= 15 is 0 Å². The molecule has 2 saturated heterocycles. The number of benzene rings is 1. The highest BCUT2D eigenvalue weighted by molar-refractivity contribution is 14.0. The third-order valence-corrected chi connectivity index (χ3v) is 4.72. The van der Waals surface area contributed by atoms with E-state index in [1.54, 1.807) is 0 Å². The molecule has 1 aromatic carbocycles. The zero-order valence-electron chi connectivity index (χ0n) is 15.2. The molecular formula is C19H31IN4O. The lowest BCUT2D eigenvalue weighted by atomic mass is 10.2. The van der Waals surface area contributed by atoms with E-state index in [4.69, 9.17) is 9.73 Å². The van der Waals surface area contributed by atoms with E-state index in [1.807, 2.05) is 0 Å². The standard InChI is InChI=1S/C19H30N4O.HI/c1-2-20-19(21-15-18-9-6-14-24-18)23-12-10-22(11-13-23)16-17-7-4-3-5-8-17;/h3-5,7-8,18H,2,6,9-16H2,1H3,(H,20,21);1H. The minimum atomic E-state index is 0. The van der Waals surface area contributed by atoms with Crippen molar-refractivity contribution in [1.29, 1.82) is 0 Å². The molecule has 1 aromatic rings. The van der Waals surface area contributed by atoms with E-state index in [0.717, 1.165) is 64.8 Å². The van der Waals surface area contributed by atoms with Crippen LogP contribution in [0.4, 0.5) is 0 Å². The summed E-state index contributed by atoms with van der Waals surface area (Å²) in [7, 11) is 0. The van der Waals surface area contributed by atoms with Gasteiger partial charge in [-0.05, 0) is 25.3 Å². The number of aliphatic imine (C=N–C) groups is 1. The van der Waals surface area contributed by atoms with E-state index in [0.29, 0.717) is 6.10 Å². The van der Waals surface area contributed by atoms with Crippen LogP contribution in [0.3, 0.4) is 0 Å². The molecule has 1 unspecified atom stereocenters. The van der Waals surface area contributed by atoms with Crippen LogP contribution in [0.2, 0.25) is 0 Å². The first-order valence-corrected chi connectivity index (χ1v) is 9.26. The van der Waals surface area contributed by atoms with E-state index in [2.05, 4.69) is 52.4 Å². The number of guanidine groups is 1. The molecule has 0 spiro atoms. The zero-order chi connectivity index (χ0) is 16.6. The number of nitrogens with zero attached hydrogens (tertiary/aromatic N) is 3. The Kier molecular flexibility index (Phi) is 8.98. The smallest absolute Gasteiger partial charge is 0.194 e. The Morgan fingerprint density at radius 2 is 1.96 bits per heavy atom. The van der Waals surface area contributed by atoms with Gasteiger partial charge in [-0.3, -0.25) is 9.89 Å². The highest BCUT2D eigenvalue weighted by atomic mass is 127. The topological polar surface area (TPSA) is 40.1 Å². The number of hydrogen-bond acceptors (Lipinski definition) is 3. The second-order valence-corrected chi connectivity index (χ2v) is 6.58. The number of rotatable bonds is 5. The molecule has 6 heteroatoms. The van der Waals surface area contributed by atoms with Crippen LogP contribution in [0.1, 0.15) is 25.3 Å². The first-order chi connectivity index (χ1) is 11.8. The molecule has 0 aliphatic carbocycles. The van der Waals surface area contributed by atoms with Crippen LogP contribution in [0.25, 0.3) is 0 Å². The molecule has 0 bridgehead atoms. The van der Waals surface area contributed by atoms with Gasteiger partial charge in [-0.2, -0.15) is 0 Å². The van der Waals surface area contributed by atoms with Crippen LogP contribution >= 0.6 is 24.0 Å². The molecular weight excluding hydrogens is 427 g/mol. The fourth-order valence-corrected chi connectivity index (χ4v) is 3.36. The second kappa shape index (κ2) is 11.0. The molecule has 1 atom stereocenters. The molecule has 3 rings (SSSR count). The summed E-state index contributed by atoms with van der Waals surface area (Å²) < 4.78 is 5.69. The van der Waals surface area contributed by atoms with Crippen molar-refractivity contribution < 1.29 is 4.74 Å². The number of nitrogens with one attached hydrogen (secondary N) is 1. The molecule has 2 fully saturated rings. The van der Waals surface area contributed by atoms with Gasteiger partial charge in [0.05, 0.1) is 12.6 Å². The molecule has 25 heavy (non-hydrogen) atoms. The molecule has 140 valence electrons. The average Bonchev–Trinajstić information content (AvgIpc) is 3.14. The Morgan fingerprint density at radius 3 is 2.60 bits per heavy atom. The first kappa shape index (κ1) is 20.5. The predicted octanol–water partition coefficient (Wildman–Crippen LogP) is 2.57. The number of hydrogen-bond donors (Lipinski definition) is 1. The van der Waals surface area contributed by atoms with Crippen LogP contribution in [0.5, 0.6) is 0 Å². The van der Waals surface area contributed by atoms with Gasteiger partial charge in [0, 0.05) is 45.9 Å². The lowest BCUT2D eigenvalue weighted by Crippen LogP contribution is -2.52. The Morgan fingerprint density at radius 1 is 1.20 bits per heavy atom. The van der Waals surface area contributed by atoms with E-state index in [1.165, 1.54) is 12.0 Å². The summed E-state index contributed by atoms with van der Waals surface area (Å²) in [5.74, 6) is 1.05. The SMILES string of the molecule is CCNC(=NCC1CCCO1)N1CCN(Cc2ccccc2)CC1.I. The Bertz CT molecular complexity index is 511. The lowest BCUT2D eigenvalue weighted by molar-refractivity contribution is 0.117. The van der Waals surface area contributed by atoms with Crippen molar-refractivity contribution in [3.63, 3.8) is 0 Å². The van der Waals surface area contributed by atoms with Gasteiger partial charge in [0.25, 0.3) is 0 Å². The molecule has 2 aliphatic heterocycles. The summed E-state index contributed by atoms with van der Waals surface area (Å²) in [5.41, 5.74) is 1.39. The van der Waals surface area contributed by atoms with Gasteiger partial charge in [-0.15, -0.1) is 24.0 Å². The van der Waals surface area contributed by atoms with Crippen molar-refractivity contribution in [3.05, 3.63) is 35.9 Å². The summed E-state index contributed by atoms with van der Waals surface area (Å²) in [6.45, 7) is 9.99. The van der Waals surface area contributed by atoms with Crippen molar-refractivity contribution in [1.82, 2.24) is 15.1 Å². The van der Waals surface area contributed by atoms with Crippen molar-refractivity contribution >= 4 is 29.9 Å². The van der Waals surface area contributed by atoms with Crippen LogP contribution in [-0.4, -0.2) is 67.7 Å². The zero-order valence-corrected chi connectivity index (χ0v) is 17.5. The third-order valence-electron chi connectivity index (χ3n) is 4.72. The van der Waals surface area contributed by atoms with Gasteiger partial charge in [-0.25, -0.2) is 0 Å². The molecule has 5 nitrogen and oxygen atoms in total. The summed E-state index contributed by atoms with van der Waals surface area (Å²) in [6.07, 6.45) is 2.64. The van der Waals surface area contributed by atoms with Crippen molar-refractivity contribution in [3.8, 4) is 0 Å². The predicted molar refractivity (Wildman–Crippen MR) is 114 cm³/mol. The van der Waals surface area contributed by atoms with Crippen molar-refractivity contribution in [2.75, 3.05) is 45.9 Å². The van der Waals surface area contributed by atoms with E-state index in [-0.39, 0.29) is 24.0 Å². The fraction of sp³-hybridized carbons (Fsp3) is 0.632. The number of piperazine rings is 1.